The Labute approximate surface area is 124 Å². The molecule has 1 atom stereocenters. The van der Waals surface area contributed by atoms with Crippen molar-refractivity contribution in [3.05, 3.63) is 47.8 Å². The van der Waals surface area contributed by atoms with Crippen molar-refractivity contribution >= 4 is 0 Å². The summed E-state index contributed by atoms with van der Waals surface area (Å²) in [4.78, 5) is 2.25. The van der Waals surface area contributed by atoms with E-state index in [2.05, 4.69) is 16.2 Å². The van der Waals surface area contributed by atoms with E-state index in [9.17, 15) is 5.11 Å². The summed E-state index contributed by atoms with van der Waals surface area (Å²) in [5.74, 6) is 0.809. The maximum absolute atomic E-state index is 10.3. The molecule has 5 nitrogen and oxygen atoms in total. The summed E-state index contributed by atoms with van der Waals surface area (Å²) in [6.07, 6.45) is 3.49. The number of rotatable bonds is 5. The molecule has 1 saturated heterocycles. The van der Waals surface area contributed by atoms with Gasteiger partial charge in [0.15, 0.2) is 0 Å². The maximum Gasteiger partial charge on any atom is 0.118 e. The van der Waals surface area contributed by atoms with Gasteiger partial charge in [-0.05, 0) is 30.2 Å². The molecular weight excluding hydrogens is 266 g/mol. The van der Waals surface area contributed by atoms with Crippen LogP contribution < -0.4 is 4.74 Å². The Morgan fingerprint density at radius 1 is 1.33 bits per heavy atom. The topological polar surface area (TPSA) is 50.5 Å². The van der Waals surface area contributed by atoms with Crippen molar-refractivity contribution in [1.29, 1.82) is 0 Å². The first-order valence-corrected chi connectivity index (χ1v) is 7.21. The third kappa shape index (κ3) is 3.09. The van der Waals surface area contributed by atoms with Crippen LogP contribution in [0.4, 0.5) is 0 Å². The summed E-state index contributed by atoms with van der Waals surface area (Å²) < 4.78 is 7.15. The highest BCUT2D eigenvalue weighted by atomic mass is 16.5. The fourth-order valence-electron chi connectivity index (χ4n) is 2.67. The molecule has 2 aromatic rings. The average Bonchev–Trinajstić information content (AvgIpc) is 2.88. The van der Waals surface area contributed by atoms with Crippen LogP contribution in [0.15, 0.2) is 36.7 Å². The fourth-order valence-corrected chi connectivity index (χ4v) is 2.67. The Bertz CT molecular complexity index is 588. The predicted octanol–water partition coefficient (Wildman–Crippen LogP) is 1.79. The van der Waals surface area contributed by atoms with Crippen LogP contribution in [0.3, 0.4) is 0 Å². The van der Waals surface area contributed by atoms with Crippen molar-refractivity contribution < 1.29 is 9.84 Å². The number of likely N-dealkylation sites (tertiary alicyclic amines) is 1. The molecule has 0 unspecified atom stereocenters. The molecule has 0 amide bonds. The Kier molecular flexibility index (Phi) is 3.94. The van der Waals surface area contributed by atoms with Gasteiger partial charge < -0.3 is 9.84 Å². The smallest absolute Gasteiger partial charge is 0.118 e. The second kappa shape index (κ2) is 5.87. The van der Waals surface area contributed by atoms with Gasteiger partial charge in [0.25, 0.3) is 0 Å². The van der Waals surface area contributed by atoms with E-state index >= 15 is 0 Å². The van der Waals surface area contributed by atoms with E-state index in [-0.39, 0.29) is 0 Å². The van der Waals surface area contributed by atoms with Gasteiger partial charge in [0.1, 0.15) is 5.75 Å². The van der Waals surface area contributed by atoms with Crippen molar-refractivity contribution in [3.63, 3.8) is 0 Å². The number of β-amino-alcohol motifs (C(OH)–C–C–N with tert-alkyl or cyclic N) is 1. The molecule has 5 heteroatoms. The van der Waals surface area contributed by atoms with Crippen LogP contribution in [-0.4, -0.2) is 46.5 Å². The molecule has 3 rings (SSSR count). The number of aliphatic hydroxyl groups is 1. The number of aromatic nitrogens is 2. The minimum Gasteiger partial charge on any atom is -0.497 e. The second-order valence-electron chi connectivity index (χ2n) is 5.66. The average molecular weight is 287 g/mol. The summed E-state index contributed by atoms with van der Waals surface area (Å²) in [6, 6.07) is 8.02. The Hall–Kier alpha value is -1.85. The molecule has 1 fully saturated rings. The molecule has 1 aliphatic rings. The first kappa shape index (κ1) is 14.1. The molecule has 0 saturated carbocycles. The monoisotopic (exact) mass is 287 g/mol. The fraction of sp³-hybridized carbons (Fsp3) is 0.438. The van der Waals surface area contributed by atoms with Gasteiger partial charge in [0.05, 0.1) is 25.5 Å². The summed E-state index contributed by atoms with van der Waals surface area (Å²) in [6.45, 7) is 4.58. The first-order valence-electron chi connectivity index (χ1n) is 7.21. The lowest BCUT2D eigenvalue weighted by atomic mass is 10.0. The van der Waals surface area contributed by atoms with Crippen LogP contribution in [0.2, 0.25) is 0 Å². The molecule has 2 heterocycles. The van der Waals surface area contributed by atoms with Crippen LogP contribution >= 0.6 is 0 Å². The number of ether oxygens (including phenoxy) is 1. The van der Waals surface area contributed by atoms with Crippen LogP contribution in [0.5, 0.6) is 5.75 Å². The zero-order valence-electron chi connectivity index (χ0n) is 12.4. The molecular formula is C16H21N3O2. The van der Waals surface area contributed by atoms with E-state index in [1.54, 1.807) is 7.11 Å². The summed E-state index contributed by atoms with van der Waals surface area (Å²) in [5, 5.41) is 14.6. The number of nitrogens with zero attached hydrogens (tertiary/aromatic N) is 3. The largest absolute Gasteiger partial charge is 0.497 e. The Morgan fingerprint density at radius 2 is 2.05 bits per heavy atom. The lowest BCUT2D eigenvalue weighted by Gasteiger charge is -2.40. The van der Waals surface area contributed by atoms with Crippen molar-refractivity contribution in [2.75, 3.05) is 26.7 Å². The van der Waals surface area contributed by atoms with Crippen molar-refractivity contribution in [2.45, 2.75) is 19.1 Å². The van der Waals surface area contributed by atoms with Crippen LogP contribution in [0.25, 0.3) is 0 Å². The zero-order chi connectivity index (χ0) is 14.8. The van der Waals surface area contributed by atoms with Crippen molar-refractivity contribution in [2.24, 2.45) is 0 Å². The Morgan fingerprint density at radius 3 is 2.62 bits per heavy atom. The van der Waals surface area contributed by atoms with Crippen molar-refractivity contribution in [3.8, 4) is 5.75 Å². The summed E-state index contributed by atoms with van der Waals surface area (Å²) >= 11 is 0. The molecule has 1 aliphatic heterocycles. The van der Waals surface area contributed by atoms with Crippen LogP contribution in [0, 0.1) is 6.92 Å². The lowest BCUT2D eigenvalue weighted by Crippen LogP contribution is -2.49. The van der Waals surface area contributed by atoms with Gasteiger partial charge in [-0.2, -0.15) is 5.10 Å². The number of benzene rings is 1. The van der Waals surface area contributed by atoms with Gasteiger partial charge in [-0.15, -0.1) is 0 Å². The zero-order valence-corrected chi connectivity index (χ0v) is 12.4. The highest BCUT2D eigenvalue weighted by Gasteiger charge is 2.30. The molecule has 0 bridgehead atoms. The van der Waals surface area contributed by atoms with Gasteiger partial charge in [-0.1, -0.05) is 12.1 Å². The van der Waals surface area contributed by atoms with Gasteiger partial charge >= 0.3 is 0 Å². The highest BCUT2D eigenvalue weighted by molar-refractivity contribution is 5.28. The minimum absolute atomic E-state index is 0.432. The second-order valence-corrected chi connectivity index (χ2v) is 5.66. The maximum atomic E-state index is 10.3. The Balaban J connectivity index is 1.51. The molecule has 112 valence electrons. The van der Waals surface area contributed by atoms with Crippen LogP contribution in [-0.2, 0) is 0 Å². The van der Waals surface area contributed by atoms with Gasteiger partial charge in [-0.3, -0.25) is 9.58 Å². The van der Waals surface area contributed by atoms with Gasteiger partial charge in [0.2, 0.25) is 0 Å². The van der Waals surface area contributed by atoms with Crippen LogP contribution in [0.1, 0.15) is 23.3 Å². The third-order valence-electron chi connectivity index (χ3n) is 3.97. The normalized spacial score (nSPS) is 17.5. The number of aliphatic hydroxyl groups excluding tert-OH is 1. The van der Waals surface area contributed by atoms with Gasteiger partial charge in [-0.25, -0.2) is 0 Å². The SMILES string of the molecule is COc1ccc([C@@H](O)CN2CC(n3cc(C)cn3)C2)cc1. The standard InChI is InChI=1S/C16H21N3O2/c1-12-7-17-19(8-12)14-9-18(10-14)11-16(20)13-3-5-15(21-2)6-4-13/h3-8,14,16,20H,9-11H2,1-2H3/t16-/m0/s1. The number of methoxy groups -OCH3 is 1. The van der Waals surface area contributed by atoms with Gasteiger partial charge in [0, 0.05) is 25.8 Å². The molecule has 0 radical (unpaired) electrons. The molecule has 21 heavy (non-hydrogen) atoms. The molecule has 0 aliphatic carbocycles. The number of hydrogen-bond donors (Lipinski definition) is 1. The molecule has 1 aromatic heterocycles. The first-order chi connectivity index (χ1) is 10.2. The number of aryl methyl sites for hydroxylation is 1. The van der Waals surface area contributed by atoms with E-state index in [1.165, 1.54) is 5.56 Å². The van der Waals surface area contributed by atoms with Crippen molar-refractivity contribution in [1.82, 2.24) is 14.7 Å². The van der Waals surface area contributed by atoms with E-state index < -0.39 is 6.10 Å². The van der Waals surface area contributed by atoms with E-state index in [4.69, 9.17) is 4.74 Å². The summed E-state index contributed by atoms with van der Waals surface area (Å²) in [7, 11) is 1.64. The predicted molar refractivity (Wildman–Crippen MR) is 80.4 cm³/mol. The van der Waals surface area contributed by atoms with E-state index in [0.717, 1.165) is 24.4 Å². The quantitative estimate of drug-likeness (QED) is 0.911. The molecule has 1 aromatic carbocycles. The van der Waals surface area contributed by atoms with E-state index in [1.807, 2.05) is 42.1 Å². The van der Waals surface area contributed by atoms with E-state index in [0.29, 0.717) is 12.6 Å². The lowest BCUT2D eigenvalue weighted by molar-refractivity contribution is 0.0401. The third-order valence-corrected chi connectivity index (χ3v) is 3.97. The highest BCUT2D eigenvalue weighted by Crippen LogP contribution is 2.25. The summed E-state index contributed by atoms with van der Waals surface area (Å²) in [5.41, 5.74) is 2.11. The molecule has 0 spiro atoms. The minimum atomic E-state index is -0.462. The molecule has 1 N–H and O–H groups in total. The number of hydrogen-bond acceptors (Lipinski definition) is 4.